The van der Waals surface area contributed by atoms with Gasteiger partial charge >= 0.3 is 0 Å². The van der Waals surface area contributed by atoms with Gasteiger partial charge in [-0.05, 0) is 56.1 Å². The largest absolute Gasteiger partial charge is 0.338 e. The van der Waals surface area contributed by atoms with Gasteiger partial charge in [0.15, 0.2) is 0 Å². The smallest absolute Gasteiger partial charge is 0.253 e. The summed E-state index contributed by atoms with van der Waals surface area (Å²) in [5.74, 6) is 1.41. The summed E-state index contributed by atoms with van der Waals surface area (Å²) in [6.07, 6.45) is 0.992. The summed E-state index contributed by atoms with van der Waals surface area (Å²) in [6, 6.07) is 15.9. The van der Waals surface area contributed by atoms with Crippen LogP contribution in [-0.2, 0) is 0 Å². The highest BCUT2D eigenvalue weighted by Gasteiger charge is 2.26. The highest BCUT2D eigenvalue weighted by molar-refractivity contribution is 5.97. The standard InChI is InChI=1S/C20H22N4O.2ClH/c1-14-22-18-11-16(20(25)23-10-9-15(12-21)13-23)7-8-19(18)24(14)17-5-3-2-4-6-17;;/h2-8,11,15H,9-10,12-13,21H2,1H3;2*1H. The number of aryl methyl sites for hydroxylation is 1. The topological polar surface area (TPSA) is 64.2 Å². The van der Waals surface area contributed by atoms with Gasteiger partial charge in [0.1, 0.15) is 5.82 Å². The molecule has 144 valence electrons. The van der Waals surface area contributed by atoms with Gasteiger partial charge in [0.2, 0.25) is 0 Å². The number of benzene rings is 2. The molecular formula is C20H24Cl2N4O. The van der Waals surface area contributed by atoms with Crippen molar-refractivity contribution < 1.29 is 4.79 Å². The monoisotopic (exact) mass is 406 g/mol. The molecule has 1 aliphatic heterocycles. The summed E-state index contributed by atoms with van der Waals surface area (Å²) in [7, 11) is 0. The Balaban J connectivity index is 0.00000131. The number of rotatable bonds is 3. The molecule has 2 heterocycles. The molecule has 0 aliphatic carbocycles. The van der Waals surface area contributed by atoms with E-state index in [2.05, 4.69) is 21.7 Å². The van der Waals surface area contributed by atoms with Gasteiger partial charge in [-0.25, -0.2) is 4.98 Å². The van der Waals surface area contributed by atoms with Crippen LogP contribution in [0.4, 0.5) is 0 Å². The number of aromatic nitrogens is 2. The molecule has 2 N–H and O–H groups in total. The molecule has 1 fully saturated rings. The molecule has 0 radical (unpaired) electrons. The molecule has 1 saturated heterocycles. The Labute approximate surface area is 171 Å². The van der Waals surface area contributed by atoms with Crippen LogP contribution in [0, 0.1) is 12.8 Å². The first-order valence-corrected chi connectivity index (χ1v) is 8.71. The lowest BCUT2D eigenvalue weighted by atomic mass is 10.1. The van der Waals surface area contributed by atoms with Gasteiger partial charge in [-0.2, -0.15) is 0 Å². The second-order valence-corrected chi connectivity index (χ2v) is 6.68. The van der Waals surface area contributed by atoms with Crippen molar-refractivity contribution >= 4 is 41.8 Å². The molecule has 2 aromatic carbocycles. The number of hydrogen-bond acceptors (Lipinski definition) is 3. The lowest BCUT2D eigenvalue weighted by Gasteiger charge is -2.16. The van der Waals surface area contributed by atoms with Gasteiger partial charge in [-0.1, -0.05) is 18.2 Å². The van der Waals surface area contributed by atoms with Crippen molar-refractivity contribution in [1.29, 1.82) is 0 Å². The summed E-state index contributed by atoms with van der Waals surface area (Å²) in [4.78, 5) is 19.3. The fraction of sp³-hybridized carbons (Fsp3) is 0.300. The van der Waals surface area contributed by atoms with E-state index in [-0.39, 0.29) is 30.7 Å². The van der Waals surface area contributed by atoms with E-state index in [0.29, 0.717) is 18.0 Å². The van der Waals surface area contributed by atoms with Crippen molar-refractivity contribution in [3.05, 3.63) is 59.9 Å². The minimum absolute atomic E-state index is 0. The maximum atomic E-state index is 12.8. The van der Waals surface area contributed by atoms with Crippen LogP contribution in [0.1, 0.15) is 22.6 Å². The fourth-order valence-corrected chi connectivity index (χ4v) is 3.63. The first-order valence-electron chi connectivity index (χ1n) is 8.71. The number of fused-ring (bicyclic) bond motifs is 1. The predicted octanol–water partition coefficient (Wildman–Crippen LogP) is 3.60. The third kappa shape index (κ3) is 3.95. The summed E-state index contributed by atoms with van der Waals surface area (Å²) in [6.45, 7) is 4.17. The number of amides is 1. The van der Waals surface area contributed by atoms with E-state index in [1.54, 1.807) is 0 Å². The molecule has 0 spiro atoms. The second-order valence-electron chi connectivity index (χ2n) is 6.68. The van der Waals surface area contributed by atoms with Crippen LogP contribution in [0.5, 0.6) is 0 Å². The van der Waals surface area contributed by atoms with Crippen LogP contribution in [0.3, 0.4) is 0 Å². The van der Waals surface area contributed by atoms with Crippen LogP contribution in [0.2, 0.25) is 0 Å². The molecule has 5 nitrogen and oxygen atoms in total. The van der Waals surface area contributed by atoms with Crippen LogP contribution in [0.15, 0.2) is 48.5 Å². The Kier molecular flexibility index (Phi) is 6.87. The van der Waals surface area contributed by atoms with Crippen molar-refractivity contribution in [2.45, 2.75) is 13.3 Å². The Morgan fingerprint density at radius 1 is 1.19 bits per heavy atom. The third-order valence-corrected chi connectivity index (χ3v) is 4.99. The number of carbonyl (C=O) groups is 1. The van der Waals surface area contributed by atoms with Crippen molar-refractivity contribution in [1.82, 2.24) is 14.5 Å². The predicted molar refractivity (Wildman–Crippen MR) is 113 cm³/mol. The van der Waals surface area contributed by atoms with E-state index in [9.17, 15) is 4.79 Å². The summed E-state index contributed by atoms with van der Waals surface area (Å²) in [5.41, 5.74) is 9.37. The number of nitrogens with zero attached hydrogens (tertiary/aromatic N) is 3. The first kappa shape index (κ1) is 21.2. The minimum atomic E-state index is 0. The lowest BCUT2D eigenvalue weighted by Crippen LogP contribution is -2.29. The van der Waals surface area contributed by atoms with Gasteiger partial charge in [-0.15, -0.1) is 24.8 Å². The van der Waals surface area contributed by atoms with E-state index in [1.165, 1.54) is 0 Å². The number of hydrogen-bond donors (Lipinski definition) is 1. The highest BCUT2D eigenvalue weighted by Crippen LogP contribution is 2.24. The number of nitrogens with two attached hydrogens (primary N) is 1. The van der Waals surface area contributed by atoms with Crippen molar-refractivity contribution in [2.24, 2.45) is 11.7 Å². The molecule has 27 heavy (non-hydrogen) atoms. The fourth-order valence-electron chi connectivity index (χ4n) is 3.63. The lowest BCUT2D eigenvalue weighted by molar-refractivity contribution is 0.0788. The second kappa shape index (κ2) is 8.74. The zero-order valence-electron chi connectivity index (χ0n) is 15.2. The molecule has 0 bridgehead atoms. The average Bonchev–Trinajstić information content (AvgIpc) is 3.24. The first-order chi connectivity index (χ1) is 12.2. The zero-order chi connectivity index (χ0) is 17.4. The van der Waals surface area contributed by atoms with Crippen molar-refractivity contribution in [3.63, 3.8) is 0 Å². The third-order valence-electron chi connectivity index (χ3n) is 4.99. The molecule has 1 unspecified atom stereocenters. The number of para-hydroxylation sites is 1. The van der Waals surface area contributed by atoms with Crippen LogP contribution >= 0.6 is 24.8 Å². The van der Waals surface area contributed by atoms with Gasteiger partial charge in [0.05, 0.1) is 11.0 Å². The summed E-state index contributed by atoms with van der Waals surface area (Å²) < 4.78 is 2.11. The summed E-state index contributed by atoms with van der Waals surface area (Å²) >= 11 is 0. The number of halogens is 2. The number of carbonyl (C=O) groups excluding carboxylic acids is 1. The van der Waals surface area contributed by atoms with Gasteiger partial charge in [0.25, 0.3) is 5.91 Å². The number of imidazole rings is 1. The molecule has 4 rings (SSSR count). The van der Waals surface area contributed by atoms with Crippen LogP contribution < -0.4 is 5.73 Å². The van der Waals surface area contributed by atoms with E-state index in [1.807, 2.05) is 48.2 Å². The molecule has 3 aromatic rings. The molecule has 1 aliphatic rings. The Morgan fingerprint density at radius 3 is 2.59 bits per heavy atom. The molecule has 1 amide bonds. The van der Waals surface area contributed by atoms with Gasteiger partial charge in [0, 0.05) is 24.3 Å². The van der Waals surface area contributed by atoms with Crippen LogP contribution in [0.25, 0.3) is 16.7 Å². The van der Waals surface area contributed by atoms with E-state index < -0.39 is 0 Å². The minimum Gasteiger partial charge on any atom is -0.338 e. The van der Waals surface area contributed by atoms with Crippen LogP contribution in [-0.4, -0.2) is 40.0 Å². The average molecular weight is 407 g/mol. The van der Waals surface area contributed by atoms with Crippen molar-refractivity contribution in [3.8, 4) is 5.69 Å². The quantitative estimate of drug-likeness (QED) is 0.722. The SMILES string of the molecule is Cc1nc2cc(C(=O)N3CCC(CN)C3)ccc2n1-c1ccccc1.Cl.Cl. The Hall–Kier alpha value is -2.08. The zero-order valence-corrected chi connectivity index (χ0v) is 16.8. The highest BCUT2D eigenvalue weighted by atomic mass is 35.5. The Morgan fingerprint density at radius 2 is 1.93 bits per heavy atom. The molecule has 1 atom stereocenters. The maximum absolute atomic E-state index is 12.8. The van der Waals surface area contributed by atoms with E-state index in [4.69, 9.17) is 5.73 Å². The molecule has 1 aromatic heterocycles. The maximum Gasteiger partial charge on any atom is 0.253 e. The van der Waals surface area contributed by atoms with Gasteiger partial charge in [-0.3, -0.25) is 9.36 Å². The van der Waals surface area contributed by atoms with E-state index >= 15 is 0 Å². The van der Waals surface area contributed by atoms with E-state index in [0.717, 1.165) is 42.1 Å². The summed E-state index contributed by atoms with van der Waals surface area (Å²) in [5, 5.41) is 0. The number of likely N-dealkylation sites (tertiary alicyclic amines) is 1. The molecule has 7 heteroatoms. The Bertz CT molecular complexity index is 926. The molecular weight excluding hydrogens is 383 g/mol. The van der Waals surface area contributed by atoms with Crippen molar-refractivity contribution in [2.75, 3.05) is 19.6 Å². The normalized spacial score (nSPS) is 16.1. The van der Waals surface area contributed by atoms with Gasteiger partial charge < -0.3 is 10.6 Å². The molecule has 0 saturated carbocycles.